The van der Waals surface area contributed by atoms with E-state index >= 15 is 0 Å². The Balaban J connectivity index is 2.85. The zero-order chi connectivity index (χ0) is 11.0. The van der Waals surface area contributed by atoms with Crippen molar-refractivity contribution < 1.29 is 4.79 Å². The highest BCUT2D eigenvalue weighted by molar-refractivity contribution is 5.77. The van der Waals surface area contributed by atoms with E-state index in [1.54, 1.807) is 0 Å². The predicted octanol–water partition coefficient (Wildman–Crippen LogP) is 1.39. The summed E-state index contributed by atoms with van der Waals surface area (Å²) in [6, 6.07) is 0. The minimum Gasteiger partial charge on any atom is -0.336 e. The van der Waals surface area contributed by atoms with E-state index in [1.807, 2.05) is 4.90 Å². The molecule has 1 heterocycles. The third kappa shape index (κ3) is 2.71. The molecular formula is C11H22N2O. The van der Waals surface area contributed by atoms with Crippen LogP contribution in [0.4, 0.5) is 0 Å². The third-order valence-corrected chi connectivity index (χ3v) is 2.61. The minimum absolute atomic E-state index is 0.0272. The van der Waals surface area contributed by atoms with Crippen LogP contribution in [0.15, 0.2) is 0 Å². The lowest BCUT2D eigenvalue weighted by Gasteiger charge is -2.39. The van der Waals surface area contributed by atoms with E-state index in [9.17, 15) is 4.79 Å². The van der Waals surface area contributed by atoms with Gasteiger partial charge >= 0.3 is 0 Å². The summed E-state index contributed by atoms with van der Waals surface area (Å²) in [6.07, 6.45) is 0.612. The Morgan fingerprint density at radius 1 is 1.36 bits per heavy atom. The fourth-order valence-electron chi connectivity index (χ4n) is 1.79. The fraction of sp³-hybridized carbons (Fsp3) is 0.909. The van der Waals surface area contributed by atoms with Crippen molar-refractivity contribution in [2.75, 3.05) is 13.1 Å². The SMILES string of the molecule is CC1(C)CN(C(C)(C)C)C(=O)CCN1. The molecule has 0 aromatic heterocycles. The van der Waals surface area contributed by atoms with E-state index in [-0.39, 0.29) is 17.0 Å². The van der Waals surface area contributed by atoms with Gasteiger partial charge in [-0.25, -0.2) is 0 Å². The Hall–Kier alpha value is -0.570. The van der Waals surface area contributed by atoms with Crippen LogP contribution in [0, 0.1) is 0 Å². The normalized spacial score (nSPS) is 23.5. The monoisotopic (exact) mass is 198 g/mol. The molecule has 1 fully saturated rings. The Bertz CT molecular complexity index is 228. The van der Waals surface area contributed by atoms with Gasteiger partial charge in [-0.3, -0.25) is 4.79 Å². The number of nitrogens with one attached hydrogen (secondary N) is 1. The van der Waals surface area contributed by atoms with Crippen molar-refractivity contribution in [3.05, 3.63) is 0 Å². The molecule has 1 amide bonds. The molecule has 1 aliphatic rings. The molecule has 3 heteroatoms. The predicted molar refractivity (Wildman–Crippen MR) is 58.2 cm³/mol. The lowest BCUT2D eigenvalue weighted by atomic mass is 10.00. The highest BCUT2D eigenvalue weighted by Gasteiger charge is 2.33. The summed E-state index contributed by atoms with van der Waals surface area (Å²) in [5, 5.41) is 3.39. The van der Waals surface area contributed by atoms with E-state index in [0.717, 1.165) is 13.1 Å². The highest BCUT2D eigenvalue weighted by Crippen LogP contribution is 2.20. The molecule has 0 aliphatic carbocycles. The molecule has 14 heavy (non-hydrogen) atoms. The Morgan fingerprint density at radius 3 is 2.43 bits per heavy atom. The van der Waals surface area contributed by atoms with Crippen LogP contribution in [-0.4, -0.2) is 35.0 Å². The van der Waals surface area contributed by atoms with Gasteiger partial charge in [0.25, 0.3) is 0 Å². The van der Waals surface area contributed by atoms with Gasteiger partial charge in [-0.1, -0.05) is 0 Å². The van der Waals surface area contributed by atoms with Crippen LogP contribution < -0.4 is 5.32 Å². The quantitative estimate of drug-likeness (QED) is 0.638. The summed E-state index contributed by atoms with van der Waals surface area (Å²) in [5.74, 6) is 0.260. The maximum absolute atomic E-state index is 11.8. The molecule has 0 radical (unpaired) electrons. The van der Waals surface area contributed by atoms with E-state index in [2.05, 4.69) is 39.9 Å². The van der Waals surface area contributed by atoms with Crippen molar-refractivity contribution in [3.8, 4) is 0 Å². The second-order valence-corrected chi connectivity index (χ2v) is 5.71. The molecule has 0 saturated carbocycles. The zero-order valence-electron chi connectivity index (χ0n) is 9.98. The van der Waals surface area contributed by atoms with Gasteiger partial charge in [-0.15, -0.1) is 0 Å². The molecule has 1 N–H and O–H groups in total. The van der Waals surface area contributed by atoms with Gasteiger partial charge in [0.2, 0.25) is 5.91 Å². The van der Waals surface area contributed by atoms with Gasteiger partial charge in [0.05, 0.1) is 0 Å². The van der Waals surface area contributed by atoms with Crippen LogP contribution >= 0.6 is 0 Å². The molecule has 0 aromatic carbocycles. The van der Waals surface area contributed by atoms with Crippen LogP contribution in [0.3, 0.4) is 0 Å². The lowest BCUT2D eigenvalue weighted by molar-refractivity contribution is -0.135. The van der Waals surface area contributed by atoms with E-state index in [0.29, 0.717) is 6.42 Å². The third-order valence-electron chi connectivity index (χ3n) is 2.61. The van der Waals surface area contributed by atoms with Crippen LogP contribution in [0.1, 0.15) is 41.0 Å². The number of carbonyl (C=O) groups is 1. The van der Waals surface area contributed by atoms with E-state index < -0.39 is 0 Å². The summed E-state index contributed by atoms with van der Waals surface area (Å²) >= 11 is 0. The van der Waals surface area contributed by atoms with Crippen molar-refractivity contribution in [2.45, 2.75) is 52.1 Å². The fourth-order valence-corrected chi connectivity index (χ4v) is 1.79. The standard InChI is InChI=1S/C11H22N2O/c1-10(2,3)13-8-11(4,5)12-7-6-9(13)14/h12H,6-8H2,1-5H3. The maximum Gasteiger partial charge on any atom is 0.224 e. The topological polar surface area (TPSA) is 32.3 Å². The zero-order valence-corrected chi connectivity index (χ0v) is 9.98. The van der Waals surface area contributed by atoms with Crippen molar-refractivity contribution in [3.63, 3.8) is 0 Å². The molecule has 3 nitrogen and oxygen atoms in total. The summed E-state index contributed by atoms with van der Waals surface area (Å²) in [5.41, 5.74) is -0.0419. The largest absolute Gasteiger partial charge is 0.336 e. The molecule has 1 aliphatic heterocycles. The molecular weight excluding hydrogens is 176 g/mol. The number of hydrogen-bond acceptors (Lipinski definition) is 2. The van der Waals surface area contributed by atoms with Gasteiger partial charge in [0.1, 0.15) is 0 Å². The molecule has 1 saturated heterocycles. The molecule has 1 rings (SSSR count). The molecule has 0 unspecified atom stereocenters. The number of hydrogen-bond donors (Lipinski definition) is 1. The van der Waals surface area contributed by atoms with Crippen LogP contribution in [0.2, 0.25) is 0 Å². The van der Waals surface area contributed by atoms with Gasteiger partial charge in [-0.2, -0.15) is 0 Å². The molecule has 0 spiro atoms. The van der Waals surface area contributed by atoms with Crippen molar-refractivity contribution in [2.24, 2.45) is 0 Å². The van der Waals surface area contributed by atoms with Crippen molar-refractivity contribution in [1.29, 1.82) is 0 Å². The molecule has 0 atom stereocenters. The first-order chi connectivity index (χ1) is 6.22. The Labute approximate surface area is 86.9 Å². The number of nitrogens with zero attached hydrogens (tertiary/aromatic N) is 1. The minimum atomic E-state index is -0.0691. The van der Waals surface area contributed by atoms with Crippen molar-refractivity contribution in [1.82, 2.24) is 10.2 Å². The summed E-state index contributed by atoms with van der Waals surface area (Å²) in [7, 11) is 0. The summed E-state index contributed by atoms with van der Waals surface area (Å²) < 4.78 is 0. The molecule has 0 bridgehead atoms. The highest BCUT2D eigenvalue weighted by atomic mass is 16.2. The first kappa shape index (κ1) is 11.5. The van der Waals surface area contributed by atoms with Crippen LogP contribution in [0.25, 0.3) is 0 Å². The van der Waals surface area contributed by atoms with Gasteiger partial charge in [0.15, 0.2) is 0 Å². The molecule has 0 aromatic rings. The van der Waals surface area contributed by atoms with Gasteiger partial charge in [-0.05, 0) is 34.6 Å². The lowest BCUT2D eigenvalue weighted by Crippen LogP contribution is -2.53. The summed E-state index contributed by atoms with van der Waals surface area (Å²) in [4.78, 5) is 13.8. The van der Waals surface area contributed by atoms with Crippen LogP contribution in [0.5, 0.6) is 0 Å². The van der Waals surface area contributed by atoms with E-state index in [1.165, 1.54) is 0 Å². The Morgan fingerprint density at radius 2 is 1.93 bits per heavy atom. The first-order valence-electron chi connectivity index (χ1n) is 5.28. The smallest absolute Gasteiger partial charge is 0.224 e. The number of rotatable bonds is 0. The average molecular weight is 198 g/mol. The first-order valence-corrected chi connectivity index (χ1v) is 5.28. The van der Waals surface area contributed by atoms with Gasteiger partial charge < -0.3 is 10.2 Å². The van der Waals surface area contributed by atoms with Crippen LogP contribution in [-0.2, 0) is 4.79 Å². The van der Waals surface area contributed by atoms with Gasteiger partial charge in [0, 0.05) is 30.6 Å². The number of carbonyl (C=O) groups excluding carboxylic acids is 1. The second-order valence-electron chi connectivity index (χ2n) is 5.71. The number of amides is 1. The summed E-state index contributed by atoms with van der Waals surface area (Å²) in [6.45, 7) is 12.1. The Kier molecular flexibility index (Phi) is 2.91. The average Bonchev–Trinajstić information content (AvgIpc) is 2.09. The molecule has 82 valence electrons. The van der Waals surface area contributed by atoms with E-state index in [4.69, 9.17) is 0 Å². The second kappa shape index (κ2) is 3.54. The maximum atomic E-state index is 11.8. The van der Waals surface area contributed by atoms with Crippen molar-refractivity contribution >= 4 is 5.91 Å².